The SMILES string of the molecule is CSc1nc(C)c(C)c(N2C3CC2CN(Cc2cncc(Br)c2)C3)n1. The molecule has 3 saturated heterocycles. The molecule has 2 aromatic rings. The largest absolute Gasteiger partial charge is 0.348 e. The summed E-state index contributed by atoms with van der Waals surface area (Å²) in [7, 11) is 0. The van der Waals surface area contributed by atoms with Crippen LogP contribution in [0.4, 0.5) is 5.82 Å². The molecule has 2 unspecified atom stereocenters. The van der Waals surface area contributed by atoms with Gasteiger partial charge in [-0.15, -0.1) is 0 Å². The maximum Gasteiger partial charge on any atom is 0.189 e. The molecule has 0 aliphatic carbocycles. The fourth-order valence-corrected chi connectivity index (χ4v) is 4.72. The van der Waals surface area contributed by atoms with Crippen molar-refractivity contribution in [1.82, 2.24) is 19.9 Å². The molecule has 2 bridgehead atoms. The lowest BCUT2D eigenvalue weighted by molar-refractivity contribution is 0.107. The number of aromatic nitrogens is 3. The minimum atomic E-state index is 0.557. The molecule has 0 radical (unpaired) electrons. The van der Waals surface area contributed by atoms with Gasteiger partial charge in [0, 0.05) is 59.8 Å². The second-order valence-corrected chi connectivity index (χ2v) is 8.59. The first-order chi connectivity index (χ1) is 12.0. The molecule has 3 aliphatic heterocycles. The zero-order valence-corrected chi connectivity index (χ0v) is 17.1. The fourth-order valence-electron chi connectivity index (χ4n) is 3.90. The summed E-state index contributed by atoms with van der Waals surface area (Å²) in [6.45, 7) is 7.36. The van der Waals surface area contributed by atoms with Crippen molar-refractivity contribution >= 4 is 33.5 Å². The number of fused-ring (bicyclic) bond motifs is 2. The first-order valence-corrected chi connectivity index (χ1v) is 10.6. The molecule has 3 fully saturated rings. The van der Waals surface area contributed by atoms with Crippen molar-refractivity contribution < 1.29 is 0 Å². The van der Waals surface area contributed by atoms with Gasteiger partial charge in [-0.25, -0.2) is 9.97 Å². The maximum atomic E-state index is 4.82. The van der Waals surface area contributed by atoms with Gasteiger partial charge in [-0.05, 0) is 54.1 Å². The van der Waals surface area contributed by atoms with Crippen molar-refractivity contribution in [3.05, 3.63) is 39.8 Å². The highest BCUT2D eigenvalue weighted by Crippen LogP contribution is 2.39. The number of aryl methyl sites for hydroxylation is 1. The van der Waals surface area contributed by atoms with Crippen LogP contribution >= 0.6 is 27.7 Å². The van der Waals surface area contributed by atoms with Crippen LogP contribution in [-0.4, -0.2) is 51.3 Å². The molecule has 3 aliphatic rings. The highest BCUT2D eigenvalue weighted by molar-refractivity contribution is 9.10. The molecule has 5 rings (SSSR count). The van der Waals surface area contributed by atoms with Crippen LogP contribution in [0.1, 0.15) is 23.2 Å². The number of thioether (sulfide) groups is 1. The molecule has 2 aromatic heterocycles. The Morgan fingerprint density at radius 3 is 2.64 bits per heavy atom. The van der Waals surface area contributed by atoms with Crippen LogP contribution in [-0.2, 0) is 6.54 Å². The monoisotopic (exact) mass is 419 g/mol. The minimum absolute atomic E-state index is 0.557. The van der Waals surface area contributed by atoms with Gasteiger partial charge in [0.2, 0.25) is 0 Å². The summed E-state index contributed by atoms with van der Waals surface area (Å²) in [4.78, 5) is 18.7. The van der Waals surface area contributed by atoms with Gasteiger partial charge >= 0.3 is 0 Å². The van der Waals surface area contributed by atoms with E-state index in [1.54, 1.807) is 11.8 Å². The summed E-state index contributed by atoms with van der Waals surface area (Å²) < 4.78 is 1.05. The number of nitrogens with zero attached hydrogens (tertiary/aromatic N) is 5. The molecule has 0 spiro atoms. The van der Waals surface area contributed by atoms with Crippen LogP contribution in [0.5, 0.6) is 0 Å². The maximum absolute atomic E-state index is 4.82. The average molecular weight is 420 g/mol. The van der Waals surface area contributed by atoms with Gasteiger partial charge in [0.1, 0.15) is 5.82 Å². The van der Waals surface area contributed by atoms with E-state index in [-0.39, 0.29) is 0 Å². The molecule has 0 aromatic carbocycles. The Balaban J connectivity index is 1.50. The average Bonchev–Trinajstić information content (AvgIpc) is 2.58. The van der Waals surface area contributed by atoms with Gasteiger partial charge in [0.05, 0.1) is 0 Å². The fraction of sp³-hybridized carbons (Fsp3) is 0.500. The Bertz CT molecular complexity index is 787. The molecule has 132 valence electrons. The van der Waals surface area contributed by atoms with Gasteiger partial charge in [-0.1, -0.05) is 11.8 Å². The van der Waals surface area contributed by atoms with Crippen molar-refractivity contribution in [1.29, 1.82) is 0 Å². The Hall–Kier alpha value is -1.18. The van der Waals surface area contributed by atoms with E-state index in [0.29, 0.717) is 12.1 Å². The number of hydrogen-bond acceptors (Lipinski definition) is 6. The number of hydrogen-bond donors (Lipinski definition) is 0. The third-order valence-electron chi connectivity index (χ3n) is 5.21. The van der Waals surface area contributed by atoms with Crippen LogP contribution in [0.25, 0.3) is 0 Å². The molecule has 0 saturated carbocycles. The number of rotatable bonds is 4. The molecule has 25 heavy (non-hydrogen) atoms. The lowest BCUT2D eigenvalue weighted by Crippen LogP contribution is -2.69. The highest BCUT2D eigenvalue weighted by atomic mass is 79.9. The number of halogens is 1. The number of piperidine rings is 1. The predicted molar refractivity (Wildman–Crippen MR) is 105 cm³/mol. The lowest BCUT2D eigenvalue weighted by atomic mass is 9.86. The van der Waals surface area contributed by atoms with Crippen molar-refractivity contribution in [3.8, 4) is 0 Å². The molecule has 0 N–H and O–H groups in total. The van der Waals surface area contributed by atoms with Gasteiger partial charge in [-0.2, -0.15) is 0 Å². The molecular weight excluding hydrogens is 398 g/mol. The van der Waals surface area contributed by atoms with E-state index in [9.17, 15) is 0 Å². The van der Waals surface area contributed by atoms with E-state index < -0.39 is 0 Å². The summed E-state index contributed by atoms with van der Waals surface area (Å²) in [6.07, 6.45) is 7.11. The van der Waals surface area contributed by atoms with Crippen molar-refractivity contribution in [2.45, 2.75) is 44.1 Å². The summed E-state index contributed by atoms with van der Waals surface area (Å²) in [5.74, 6) is 1.14. The summed E-state index contributed by atoms with van der Waals surface area (Å²) in [5, 5.41) is 0.875. The summed E-state index contributed by atoms with van der Waals surface area (Å²) in [6, 6.07) is 3.27. The highest BCUT2D eigenvalue weighted by Gasteiger charge is 2.45. The van der Waals surface area contributed by atoms with Gasteiger partial charge in [-0.3, -0.25) is 9.88 Å². The van der Waals surface area contributed by atoms with Crippen LogP contribution < -0.4 is 4.90 Å². The quantitative estimate of drug-likeness (QED) is 0.558. The Morgan fingerprint density at radius 1 is 1.20 bits per heavy atom. The first-order valence-electron chi connectivity index (χ1n) is 8.54. The Kier molecular flexibility index (Phi) is 4.73. The first kappa shape index (κ1) is 17.2. The number of anilines is 1. The molecular formula is C18H22BrN5S. The molecule has 2 atom stereocenters. The van der Waals surface area contributed by atoms with Gasteiger partial charge in [0.15, 0.2) is 5.16 Å². The van der Waals surface area contributed by atoms with E-state index in [2.05, 4.69) is 55.6 Å². The van der Waals surface area contributed by atoms with Crippen LogP contribution in [0.2, 0.25) is 0 Å². The second-order valence-electron chi connectivity index (χ2n) is 6.90. The number of pyridine rings is 1. The van der Waals surface area contributed by atoms with Gasteiger partial charge < -0.3 is 4.90 Å². The third kappa shape index (κ3) is 3.29. The van der Waals surface area contributed by atoms with E-state index in [1.807, 2.05) is 18.6 Å². The van der Waals surface area contributed by atoms with E-state index in [1.165, 1.54) is 17.5 Å². The molecule has 0 amide bonds. The van der Waals surface area contributed by atoms with Crippen LogP contribution in [0.15, 0.2) is 28.1 Å². The molecule has 5 nitrogen and oxygen atoms in total. The van der Waals surface area contributed by atoms with Crippen molar-refractivity contribution in [3.63, 3.8) is 0 Å². The van der Waals surface area contributed by atoms with Crippen molar-refractivity contribution in [2.24, 2.45) is 0 Å². The van der Waals surface area contributed by atoms with Crippen LogP contribution in [0, 0.1) is 13.8 Å². The predicted octanol–water partition coefficient (Wildman–Crippen LogP) is 3.44. The van der Waals surface area contributed by atoms with E-state index >= 15 is 0 Å². The summed E-state index contributed by atoms with van der Waals surface area (Å²) in [5.41, 5.74) is 3.58. The third-order valence-corrected chi connectivity index (χ3v) is 6.19. The van der Waals surface area contributed by atoms with Crippen molar-refractivity contribution in [2.75, 3.05) is 24.2 Å². The second kappa shape index (κ2) is 6.85. The van der Waals surface area contributed by atoms with E-state index in [0.717, 1.165) is 40.8 Å². The normalized spacial score (nSPS) is 22.8. The lowest BCUT2D eigenvalue weighted by Gasteiger charge is -2.57. The standard InChI is InChI=1S/C18H22BrN5S/c1-11-12(2)21-18(25-3)22-17(11)24-15-5-16(24)10-23(9-15)8-13-4-14(19)7-20-6-13/h4,6-7,15-16H,5,8-10H2,1-3H3. The minimum Gasteiger partial charge on any atom is -0.348 e. The smallest absolute Gasteiger partial charge is 0.189 e. The Morgan fingerprint density at radius 2 is 1.96 bits per heavy atom. The topological polar surface area (TPSA) is 45.2 Å². The Labute approximate surface area is 161 Å². The summed E-state index contributed by atoms with van der Waals surface area (Å²) >= 11 is 5.13. The van der Waals surface area contributed by atoms with E-state index in [4.69, 9.17) is 4.98 Å². The van der Waals surface area contributed by atoms with Crippen LogP contribution in [0.3, 0.4) is 0 Å². The molecule has 5 heterocycles. The number of piperazine rings is 1. The zero-order chi connectivity index (χ0) is 17.6. The molecule has 7 heteroatoms. The zero-order valence-electron chi connectivity index (χ0n) is 14.7. The van der Waals surface area contributed by atoms with Gasteiger partial charge in [0.25, 0.3) is 0 Å².